The molecule has 6 nitrogen and oxygen atoms in total. The summed E-state index contributed by atoms with van der Waals surface area (Å²) in [5.41, 5.74) is 1.95. The van der Waals surface area contributed by atoms with Gasteiger partial charge in [0.15, 0.2) is 5.82 Å². The van der Waals surface area contributed by atoms with E-state index < -0.39 is 0 Å². The summed E-state index contributed by atoms with van der Waals surface area (Å²) in [4.78, 5) is 29.4. The fourth-order valence-corrected chi connectivity index (χ4v) is 3.09. The van der Waals surface area contributed by atoms with Crippen LogP contribution in [0.2, 0.25) is 0 Å². The van der Waals surface area contributed by atoms with Crippen LogP contribution in [0.4, 0.5) is 4.39 Å². The molecule has 1 aliphatic heterocycles. The van der Waals surface area contributed by atoms with Crippen LogP contribution in [0.15, 0.2) is 24.3 Å². The minimum Gasteiger partial charge on any atom is -0.348 e. The van der Waals surface area contributed by atoms with Gasteiger partial charge < -0.3 is 15.2 Å². The lowest BCUT2D eigenvalue weighted by Crippen LogP contribution is -2.31. The predicted molar refractivity (Wildman–Crippen MR) is 95.3 cm³/mol. The molecule has 0 fully saturated rings. The van der Waals surface area contributed by atoms with Crippen molar-refractivity contribution in [1.29, 1.82) is 0 Å². The summed E-state index contributed by atoms with van der Waals surface area (Å²) in [5, 5.41) is 5.64. The van der Waals surface area contributed by atoms with E-state index in [1.807, 2.05) is 18.4 Å². The van der Waals surface area contributed by atoms with E-state index in [0.717, 1.165) is 30.5 Å². The number of imidazole rings is 1. The maximum Gasteiger partial charge on any atom is 0.287 e. The van der Waals surface area contributed by atoms with Gasteiger partial charge in [-0.1, -0.05) is 12.1 Å². The zero-order valence-corrected chi connectivity index (χ0v) is 15.0. The van der Waals surface area contributed by atoms with Crippen molar-refractivity contribution in [3.05, 3.63) is 52.9 Å². The third-order valence-corrected chi connectivity index (χ3v) is 4.32. The zero-order chi connectivity index (χ0) is 18.7. The maximum atomic E-state index is 13.0. The number of rotatable bonds is 5. The van der Waals surface area contributed by atoms with E-state index in [1.165, 1.54) is 12.1 Å². The van der Waals surface area contributed by atoms with Crippen molar-refractivity contribution in [2.45, 2.75) is 52.2 Å². The Morgan fingerprint density at radius 1 is 1.19 bits per heavy atom. The minimum absolute atomic E-state index is 0.000747. The van der Waals surface area contributed by atoms with E-state index in [4.69, 9.17) is 0 Å². The van der Waals surface area contributed by atoms with E-state index in [9.17, 15) is 14.0 Å². The second kappa shape index (κ2) is 7.68. The fraction of sp³-hybridized carbons (Fsp3) is 0.421. The molecule has 2 heterocycles. The molecule has 0 atom stereocenters. The van der Waals surface area contributed by atoms with Crippen LogP contribution >= 0.6 is 0 Å². The largest absolute Gasteiger partial charge is 0.348 e. The van der Waals surface area contributed by atoms with Gasteiger partial charge in [0.25, 0.3) is 11.8 Å². The first kappa shape index (κ1) is 18.1. The molecule has 0 spiro atoms. The number of aromatic nitrogens is 2. The summed E-state index contributed by atoms with van der Waals surface area (Å²) < 4.78 is 14.8. The average molecular weight is 358 g/mol. The Morgan fingerprint density at radius 2 is 1.92 bits per heavy atom. The lowest BCUT2D eigenvalue weighted by atomic mass is 10.1. The van der Waals surface area contributed by atoms with Crippen molar-refractivity contribution in [3.63, 3.8) is 0 Å². The van der Waals surface area contributed by atoms with Crippen LogP contribution in [-0.2, 0) is 19.5 Å². The highest BCUT2D eigenvalue weighted by molar-refractivity contribution is 5.97. The second-order valence-electron chi connectivity index (χ2n) is 6.78. The molecule has 1 aliphatic rings. The summed E-state index contributed by atoms with van der Waals surface area (Å²) in [7, 11) is 0. The number of nitrogens with one attached hydrogen (secondary N) is 2. The van der Waals surface area contributed by atoms with Crippen molar-refractivity contribution in [1.82, 2.24) is 20.2 Å². The van der Waals surface area contributed by atoms with Crippen LogP contribution in [0.5, 0.6) is 0 Å². The van der Waals surface area contributed by atoms with Gasteiger partial charge in [-0.2, -0.15) is 0 Å². The number of fused-ring (bicyclic) bond motifs is 1. The Morgan fingerprint density at radius 3 is 2.62 bits per heavy atom. The maximum absolute atomic E-state index is 13.0. The molecular weight excluding hydrogens is 335 g/mol. The number of carbonyl (C=O) groups is 2. The molecule has 2 aromatic rings. The smallest absolute Gasteiger partial charge is 0.287 e. The lowest BCUT2D eigenvalue weighted by Gasteiger charge is -2.17. The first-order chi connectivity index (χ1) is 12.5. The molecule has 0 unspecified atom stereocenters. The molecule has 0 radical (unpaired) electrons. The molecular formula is C19H23FN4O2. The molecule has 2 amide bonds. The zero-order valence-electron chi connectivity index (χ0n) is 15.0. The molecule has 0 saturated heterocycles. The molecule has 1 aromatic heterocycles. The first-order valence-electron chi connectivity index (χ1n) is 8.88. The molecule has 3 rings (SSSR count). The predicted octanol–water partition coefficient (Wildman–Crippen LogP) is 2.43. The van der Waals surface area contributed by atoms with Gasteiger partial charge in [0.2, 0.25) is 0 Å². The minimum atomic E-state index is -0.332. The summed E-state index contributed by atoms with van der Waals surface area (Å²) in [6.07, 6.45) is 2.66. The number of benzene rings is 1. The molecule has 0 aliphatic carbocycles. The fourth-order valence-electron chi connectivity index (χ4n) is 3.09. The third-order valence-electron chi connectivity index (χ3n) is 4.32. The number of hydrogen-bond donors (Lipinski definition) is 2. The summed E-state index contributed by atoms with van der Waals surface area (Å²) in [6, 6.07) is 5.95. The Balaban J connectivity index is 1.80. The van der Waals surface area contributed by atoms with Crippen molar-refractivity contribution in [3.8, 4) is 0 Å². The first-order valence-corrected chi connectivity index (χ1v) is 8.88. The highest BCUT2D eigenvalue weighted by Crippen LogP contribution is 2.21. The van der Waals surface area contributed by atoms with E-state index in [0.29, 0.717) is 12.2 Å². The molecule has 26 heavy (non-hydrogen) atoms. The van der Waals surface area contributed by atoms with Crippen molar-refractivity contribution < 1.29 is 14.0 Å². The van der Waals surface area contributed by atoms with E-state index >= 15 is 0 Å². The van der Waals surface area contributed by atoms with Gasteiger partial charge in [-0.05, 0) is 50.8 Å². The van der Waals surface area contributed by atoms with Crippen molar-refractivity contribution in [2.75, 3.05) is 0 Å². The van der Waals surface area contributed by atoms with Gasteiger partial charge in [-0.3, -0.25) is 9.59 Å². The van der Waals surface area contributed by atoms with Gasteiger partial charge in [0.05, 0.1) is 5.69 Å². The van der Waals surface area contributed by atoms with Gasteiger partial charge in [-0.25, -0.2) is 9.37 Å². The number of hydrogen-bond acceptors (Lipinski definition) is 3. The Kier molecular flexibility index (Phi) is 5.35. The van der Waals surface area contributed by atoms with Gasteiger partial charge >= 0.3 is 0 Å². The van der Waals surface area contributed by atoms with E-state index in [-0.39, 0.29) is 36.0 Å². The Labute approximate surface area is 151 Å². The molecule has 7 heteroatoms. The van der Waals surface area contributed by atoms with Crippen molar-refractivity contribution in [2.24, 2.45) is 0 Å². The number of nitrogens with zero attached hydrogens (tertiary/aromatic N) is 2. The molecule has 0 saturated carbocycles. The Hall–Kier alpha value is -2.70. The second-order valence-corrected chi connectivity index (χ2v) is 6.78. The van der Waals surface area contributed by atoms with Crippen LogP contribution in [0.1, 0.15) is 59.1 Å². The standard InChI is InChI=1S/C19H23FN4O2/c1-12(2)22-18(25)16-15-5-3-4-10-24(15)17(23-16)19(26)21-11-13-6-8-14(20)9-7-13/h6-9,12H,3-5,10-11H2,1-2H3,(H,21,26)(H,22,25). The van der Waals surface area contributed by atoms with Gasteiger partial charge in [0.1, 0.15) is 11.5 Å². The molecule has 138 valence electrons. The van der Waals surface area contributed by atoms with Gasteiger partial charge in [-0.15, -0.1) is 0 Å². The molecule has 1 aromatic carbocycles. The third kappa shape index (κ3) is 3.92. The number of amides is 2. The number of carbonyl (C=O) groups excluding carboxylic acids is 2. The topological polar surface area (TPSA) is 76.0 Å². The molecule has 0 bridgehead atoms. The van der Waals surface area contributed by atoms with E-state index in [1.54, 1.807) is 12.1 Å². The highest BCUT2D eigenvalue weighted by atomic mass is 19.1. The average Bonchev–Trinajstić information content (AvgIpc) is 3.00. The van der Waals surface area contributed by atoms with Crippen LogP contribution in [-0.4, -0.2) is 27.4 Å². The monoisotopic (exact) mass is 358 g/mol. The molecule has 2 N–H and O–H groups in total. The SMILES string of the molecule is CC(C)NC(=O)c1nc(C(=O)NCc2ccc(F)cc2)n2c1CCCC2. The van der Waals surface area contributed by atoms with Crippen LogP contribution in [0.25, 0.3) is 0 Å². The Bertz CT molecular complexity index is 812. The number of halogens is 1. The van der Waals surface area contributed by atoms with Crippen molar-refractivity contribution >= 4 is 11.8 Å². The highest BCUT2D eigenvalue weighted by Gasteiger charge is 2.27. The van der Waals surface area contributed by atoms with E-state index in [2.05, 4.69) is 15.6 Å². The quantitative estimate of drug-likeness (QED) is 0.862. The lowest BCUT2D eigenvalue weighted by molar-refractivity contribution is 0.0934. The summed E-state index contributed by atoms with van der Waals surface area (Å²) in [6.45, 7) is 4.72. The van der Waals surface area contributed by atoms with Gasteiger partial charge in [0, 0.05) is 19.1 Å². The summed E-state index contributed by atoms with van der Waals surface area (Å²) in [5.74, 6) is -0.636. The van der Waals surface area contributed by atoms with Crippen LogP contribution in [0, 0.1) is 5.82 Å². The normalized spacial score (nSPS) is 13.4. The summed E-state index contributed by atoms with van der Waals surface area (Å²) >= 11 is 0. The van der Waals surface area contributed by atoms with Crippen LogP contribution in [0.3, 0.4) is 0 Å². The van der Waals surface area contributed by atoms with Crippen LogP contribution < -0.4 is 10.6 Å².